The van der Waals surface area contributed by atoms with E-state index in [0.717, 1.165) is 44.6 Å². The lowest BCUT2D eigenvalue weighted by Crippen LogP contribution is -2.45. The van der Waals surface area contributed by atoms with Crippen LogP contribution in [0.5, 0.6) is 0 Å². The summed E-state index contributed by atoms with van der Waals surface area (Å²) >= 11 is 0. The molecular formula is C13H23N5O2. The number of esters is 1. The van der Waals surface area contributed by atoms with Gasteiger partial charge in [0.2, 0.25) is 0 Å². The molecule has 1 aliphatic rings. The van der Waals surface area contributed by atoms with Gasteiger partial charge in [-0.3, -0.25) is 9.69 Å². The predicted octanol–water partition coefficient (Wildman–Crippen LogP) is 1.00. The Bertz CT molecular complexity index is 434. The van der Waals surface area contributed by atoms with Crippen molar-refractivity contribution < 1.29 is 9.53 Å². The first-order valence-corrected chi connectivity index (χ1v) is 7.42. The summed E-state index contributed by atoms with van der Waals surface area (Å²) in [4.78, 5) is 14.2. The van der Waals surface area contributed by atoms with Gasteiger partial charge < -0.3 is 4.74 Å². The van der Waals surface area contributed by atoms with Crippen molar-refractivity contribution in [2.75, 3.05) is 13.2 Å². The number of piperidine rings is 1. The minimum absolute atomic E-state index is 0.123. The highest BCUT2D eigenvalue weighted by Gasteiger charge is 2.30. The SMILES string of the molecule is CCCn1nnnc1CN1CCCCC1C(=O)OCC. The Labute approximate surface area is 119 Å². The first-order valence-electron chi connectivity index (χ1n) is 7.42. The Morgan fingerprint density at radius 2 is 2.25 bits per heavy atom. The molecule has 7 nitrogen and oxygen atoms in total. The van der Waals surface area contributed by atoms with Gasteiger partial charge in [0.05, 0.1) is 13.2 Å². The van der Waals surface area contributed by atoms with Crippen LogP contribution in [-0.2, 0) is 22.6 Å². The number of tetrazole rings is 1. The Balaban J connectivity index is 2.04. The standard InChI is InChI=1S/C13H23N5O2/c1-3-8-18-12(14-15-16-18)10-17-9-6-5-7-11(17)13(19)20-4-2/h11H,3-10H2,1-2H3. The summed E-state index contributed by atoms with van der Waals surface area (Å²) in [6.45, 7) is 6.66. The lowest BCUT2D eigenvalue weighted by molar-refractivity contribution is -0.151. The summed E-state index contributed by atoms with van der Waals surface area (Å²) in [6.07, 6.45) is 4.01. The van der Waals surface area contributed by atoms with Gasteiger partial charge in [0.15, 0.2) is 5.82 Å². The average molecular weight is 281 g/mol. The van der Waals surface area contributed by atoms with Crippen molar-refractivity contribution in [2.45, 2.75) is 58.7 Å². The Kier molecular flexibility index (Phi) is 5.46. The van der Waals surface area contributed by atoms with Crippen LogP contribution in [0.4, 0.5) is 0 Å². The van der Waals surface area contributed by atoms with Crippen molar-refractivity contribution in [3.63, 3.8) is 0 Å². The lowest BCUT2D eigenvalue weighted by atomic mass is 10.0. The van der Waals surface area contributed by atoms with Crippen LogP contribution in [0.1, 0.15) is 45.4 Å². The van der Waals surface area contributed by atoms with Gasteiger partial charge in [-0.25, -0.2) is 4.68 Å². The van der Waals surface area contributed by atoms with Crippen LogP contribution in [0.15, 0.2) is 0 Å². The number of carbonyl (C=O) groups excluding carboxylic acids is 1. The number of hydrogen-bond donors (Lipinski definition) is 0. The molecule has 0 amide bonds. The number of hydrogen-bond acceptors (Lipinski definition) is 6. The van der Waals surface area contributed by atoms with E-state index < -0.39 is 0 Å². The van der Waals surface area contributed by atoms with Crippen molar-refractivity contribution in [3.05, 3.63) is 5.82 Å². The topological polar surface area (TPSA) is 73.1 Å². The Morgan fingerprint density at radius 1 is 1.40 bits per heavy atom. The fourth-order valence-corrected chi connectivity index (χ4v) is 2.59. The molecule has 0 bridgehead atoms. The molecule has 1 aromatic rings. The van der Waals surface area contributed by atoms with Crippen LogP contribution in [0.2, 0.25) is 0 Å². The number of aromatic nitrogens is 4. The summed E-state index contributed by atoms with van der Waals surface area (Å²) in [7, 11) is 0. The third kappa shape index (κ3) is 3.53. The molecule has 0 N–H and O–H groups in total. The molecule has 7 heteroatoms. The zero-order chi connectivity index (χ0) is 14.4. The zero-order valence-corrected chi connectivity index (χ0v) is 12.3. The van der Waals surface area contributed by atoms with E-state index in [9.17, 15) is 4.79 Å². The quantitative estimate of drug-likeness (QED) is 0.724. The van der Waals surface area contributed by atoms with Crippen LogP contribution in [0.3, 0.4) is 0 Å². The summed E-state index contributed by atoms with van der Waals surface area (Å²) < 4.78 is 6.99. The predicted molar refractivity (Wildman–Crippen MR) is 72.8 cm³/mol. The third-order valence-corrected chi connectivity index (χ3v) is 3.56. The average Bonchev–Trinajstić information content (AvgIpc) is 2.87. The molecule has 1 saturated heterocycles. The van der Waals surface area contributed by atoms with Crippen LogP contribution in [-0.4, -0.2) is 50.3 Å². The Morgan fingerprint density at radius 3 is 3.00 bits per heavy atom. The maximum absolute atomic E-state index is 12.0. The van der Waals surface area contributed by atoms with Gasteiger partial charge in [0, 0.05) is 6.54 Å². The van der Waals surface area contributed by atoms with Crippen LogP contribution >= 0.6 is 0 Å². The van der Waals surface area contributed by atoms with Gasteiger partial charge >= 0.3 is 5.97 Å². The van der Waals surface area contributed by atoms with E-state index in [2.05, 4.69) is 27.3 Å². The number of carbonyl (C=O) groups is 1. The van der Waals surface area contributed by atoms with Gasteiger partial charge in [-0.1, -0.05) is 13.3 Å². The number of nitrogens with zero attached hydrogens (tertiary/aromatic N) is 5. The second-order valence-corrected chi connectivity index (χ2v) is 5.05. The molecule has 0 saturated carbocycles. The maximum atomic E-state index is 12.0. The highest BCUT2D eigenvalue weighted by atomic mass is 16.5. The molecule has 1 fully saturated rings. The van der Waals surface area contributed by atoms with E-state index in [1.54, 1.807) is 0 Å². The molecule has 0 aromatic carbocycles. The molecule has 1 aromatic heterocycles. The molecule has 20 heavy (non-hydrogen) atoms. The fraction of sp³-hybridized carbons (Fsp3) is 0.846. The molecule has 0 aliphatic carbocycles. The van der Waals surface area contributed by atoms with Crippen LogP contribution in [0, 0.1) is 0 Å². The smallest absolute Gasteiger partial charge is 0.323 e. The number of likely N-dealkylation sites (tertiary alicyclic amines) is 1. The molecule has 1 aliphatic heterocycles. The summed E-state index contributed by atoms with van der Waals surface area (Å²) in [5.74, 6) is 0.699. The molecule has 0 spiro atoms. The number of rotatable bonds is 6. The van der Waals surface area contributed by atoms with Gasteiger partial charge in [-0.15, -0.1) is 5.10 Å². The Hall–Kier alpha value is -1.50. The van der Waals surface area contributed by atoms with Crippen molar-refractivity contribution in [1.29, 1.82) is 0 Å². The highest BCUT2D eigenvalue weighted by molar-refractivity contribution is 5.75. The monoisotopic (exact) mass is 281 g/mol. The number of ether oxygens (including phenoxy) is 1. The minimum atomic E-state index is -0.157. The van der Waals surface area contributed by atoms with Crippen LogP contribution in [0.25, 0.3) is 0 Å². The molecule has 0 radical (unpaired) electrons. The van der Waals surface area contributed by atoms with E-state index in [4.69, 9.17) is 4.74 Å². The second-order valence-electron chi connectivity index (χ2n) is 5.05. The molecule has 1 atom stereocenters. The van der Waals surface area contributed by atoms with Crippen molar-refractivity contribution in [2.24, 2.45) is 0 Å². The van der Waals surface area contributed by atoms with Gasteiger partial charge in [0.25, 0.3) is 0 Å². The molecule has 2 heterocycles. The van der Waals surface area contributed by atoms with E-state index in [1.165, 1.54) is 0 Å². The van der Waals surface area contributed by atoms with Gasteiger partial charge in [-0.2, -0.15) is 0 Å². The third-order valence-electron chi connectivity index (χ3n) is 3.56. The first-order chi connectivity index (χ1) is 9.76. The van der Waals surface area contributed by atoms with Crippen molar-refractivity contribution >= 4 is 5.97 Å². The molecule has 1 unspecified atom stereocenters. The molecule has 2 rings (SSSR count). The van der Waals surface area contributed by atoms with Crippen LogP contribution < -0.4 is 0 Å². The van der Waals surface area contributed by atoms with Crippen molar-refractivity contribution in [3.8, 4) is 0 Å². The minimum Gasteiger partial charge on any atom is -0.465 e. The number of aryl methyl sites for hydroxylation is 1. The summed E-state index contributed by atoms with van der Waals surface area (Å²) in [6, 6.07) is -0.157. The largest absolute Gasteiger partial charge is 0.465 e. The van der Waals surface area contributed by atoms with Gasteiger partial charge in [0.1, 0.15) is 6.04 Å². The first kappa shape index (κ1) is 14.9. The molecule has 112 valence electrons. The second kappa shape index (κ2) is 7.33. The van der Waals surface area contributed by atoms with E-state index in [-0.39, 0.29) is 12.0 Å². The lowest BCUT2D eigenvalue weighted by Gasteiger charge is -2.33. The maximum Gasteiger partial charge on any atom is 0.323 e. The highest BCUT2D eigenvalue weighted by Crippen LogP contribution is 2.20. The van der Waals surface area contributed by atoms with Gasteiger partial charge in [-0.05, 0) is 43.2 Å². The summed E-state index contributed by atoms with van der Waals surface area (Å²) in [5, 5.41) is 11.8. The van der Waals surface area contributed by atoms with E-state index >= 15 is 0 Å². The summed E-state index contributed by atoms with van der Waals surface area (Å²) in [5.41, 5.74) is 0. The van der Waals surface area contributed by atoms with E-state index in [0.29, 0.717) is 13.2 Å². The fourth-order valence-electron chi connectivity index (χ4n) is 2.59. The van der Waals surface area contributed by atoms with E-state index in [1.807, 2.05) is 11.6 Å². The molecular weight excluding hydrogens is 258 g/mol. The normalized spacial score (nSPS) is 20.0. The zero-order valence-electron chi connectivity index (χ0n) is 12.3. The van der Waals surface area contributed by atoms with Crippen molar-refractivity contribution in [1.82, 2.24) is 25.1 Å².